The molecule has 0 aromatic rings. The summed E-state index contributed by atoms with van der Waals surface area (Å²) in [6.45, 7) is 6.90. The first-order valence-corrected chi connectivity index (χ1v) is 7.11. The molecule has 2 rings (SSSR count). The number of carbonyl (C=O) groups excluding carboxylic acids is 1. The maximum Gasteiger partial charge on any atom is 0.240 e. The van der Waals surface area contributed by atoms with Crippen LogP contribution < -0.4 is 5.32 Å². The van der Waals surface area contributed by atoms with Crippen molar-refractivity contribution in [3.63, 3.8) is 0 Å². The second-order valence-electron chi connectivity index (χ2n) is 6.22. The first-order chi connectivity index (χ1) is 8.54. The van der Waals surface area contributed by atoms with E-state index in [1.807, 2.05) is 7.05 Å². The van der Waals surface area contributed by atoms with Gasteiger partial charge in [0.2, 0.25) is 5.91 Å². The van der Waals surface area contributed by atoms with Gasteiger partial charge >= 0.3 is 0 Å². The van der Waals surface area contributed by atoms with Gasteiger partial charge in [0, 0.05) is 24.6 Å². The molecule has 0 bridgehead atoms. The third-order valence-electron chi connectivity index (χ3n) is 4.39. The molecule has 2 aliphatic rings. The molecule has 4 heteroatoms. The number of likely N-dealkylation sites (N-methyl/N-ethyl adjacent to an activating group) is 1. The highest BCUT2D eigenvalue weighted by Gasteiger charge is 2.38. The predicted octanol–water partition coefficient (Wildman–Crippen LogP) is 1.40. The van der Waals surface area contributed by atoms with Crippen molar-refractivity contribution >= 4 is 5.91 Å². The van der Waals surface area contributed by atoms with Gasteiger partial charge in [-0.3, -0.25) is 4.79 Å². The van der Waals surface area contributed by atoms with E-state index in [4.69, 9.17) is 4.74 Å². The van der Waals surface area contributed by atoms with Crippen molar-refractivity contribution < 1.29 is 9.53 Å². The molecule has 0 radical (unpaired) electrons. The van der Waals surface area contributed by atoms with Crippen LogP contribution in [0.3, 0.4) is 0 Å². The lowest BCUT2D eigenvalue weighted by Gasteiger charge is -2.39. The number of nitrogens with zero attached hydrogens (tertiary/aromatic N) is 1. The molecule has 4 nitrogen and oxygen atoms in total. The third-order valence-corrected chi connectivity index (χ3v) is 4.39. The summed E-state index contributed by atoms with van der Waals surface area (Å²) in [6.07, 6.45) is 4.24. The summed E-state index contributed by atoms with van der Waals surface area (Å²) in [5.74, 6) is 0.788. The molecule has 2 fully saturated rings. The van der Waals surface area contributed by atoms with Crippen LogP contribution in [0.5, 0.6) is 0 Å². The highest BCUT2D eigenvalue weighted by Crippen LogP contribution is 2.29. The smallest absolute Gasteiger partial charge is 0.240 e. The summed E-state index contributed by atoms with van der Waals surface area (Å²) >= 11 is 0. The summed E-state index contributed by atoms with van der Waals surface area (Å²) in [5, 5.41) is 3.16. The quantitative estimate of drug-likeness (QED) is 0.828. The average molecular weight is 254 g/mol. The Labute approximate surface area is 110 Å². The second-order valence-corrected chi connectivity index (χ2v) is 6.22. The SMILES string of the molecule is CNC1CCCC(C)(C)N(CC2CCOC2)C1=O. The van der Waals surface area contributed by atoms with Crippen molar-refractivity contribution in [1.29, 1.82) is 0 Å². The van der Waals surface area contributed by atoms with Crippen LogP contribution in [0.25, 0.3) is 0 Å². The fraction of sp³-hybridized carbons (Fsp3) is 0.929. The molecule has 1 N–H and O–H groups in total. The second kappa shape index (κ2) is 5.57. The number of rotatable bonds is 3. The minimum Gasteiger partial charge on any atom is -0.381 e. The van der Waals surface area contributed by atoms with Gasteiger partial charge in [0.05, 0.1) is 12.6 Å². The Morgan fingerprint density at radius 3 is 2.83 bits per heavy atom. The Balaban J connectivity index is 2.11. The van der Waals surface area contributed by atoms with Crippen molar-refractivity contribution in [3.8, 4) is 0 Å². The lowest BCUT2D eigenvalue weighted by atomic mass is 9.95. The van der Waals surface area contributed by atoms with Gasteiger partial charge in [-0.15, -0.1) is 0 Å². The number of hydrogen-bond donors (Lipinski definition) is 1. The van der Waals surface area contributed by atoms with Gasteiger partial charge in [0.1, 0.15) is 0 Å². The maximum atomic E-state index is 12.6. The minimum atomic E-state index is -0.0225. The average Bonchev–Trinajstić information content (AvgIpc) is 2.80. The maximum absolute atomic E-state index is 12.6. The molecule has 0 spiro atoms. The molecule has 2 heterocycles. The first kappa shape index (κ1) is 13.8. The number of ether oxygens (including phenoxy) is 1. The molecule has 2 unspecified atom stereocenters. The first-order valence-electron chi connectivity index (χ1n) is 7.11. The standard InChI is InChI=1S/C14H26N2O2/c1-14(2)7-4-5-12(15-3)13(17)16(14)9-11-6-8-18-10-11/h11-12,15H,4-10H2,1-3H3. The molecule has 0 aliphatic carbocycles. The molecule has 2 saturated heterocycles. The van der Waals surface area contributed by atoms with Gasteiger partial charge in [-0.1, -0.05) is 0 Å². The largest absolute Gasteiger partial charge is 0.381 e. The Bertz CT molecular complexity index is 298. The van der Waals surface area contributed by atoms with Crippen molar-refractivity contribution in [1.82, 2.24) is 10.2 Å². The highest BCUT2D eigenvalue weighted by atomic mass is 16.5. The summed E-state index contributed by atoms with van der Waals surface area (Å²) in [5.41, 5.74) is -0.0225. The fourth-order valence-electron chi connectivity index (χ4n) is 3.07. The summed E-state index contributed by atoms with van der Waals surface area (Å²) in [7, 11) is 1.89. The normalized spacial score (nSPS) is 32.6. The minimum absolute atomic E-state index is 0.00547. The monoisotopic (exact) mass is 254 g/mol. The van der Waals surface area contributed by atoms with E-state index in [-0.39, 0.29) is 17.5 Å². The van der Waals surface area contributed by atoms with Crippen molar-refractivity contribution in [3.05, 3.63) is 0 Å². The molecule has 104 valence electrons. The molecular weight excluding hydrogens is 228 g/mol. The Kier molecular flexibility index (Phi) is 4.28. The van der Waals surface area contributed by atoms with E-state index in [2.05, 4.69) is 24.1 Å². The number of hydrogen-bond acceptors (Lipinski definition) is 3. The number of amides is 1. The zero-order valence-electron chi connectivity index (χ0n) is 11.9. The van der Waals surface area contributed by atoms with Crippen LogP contribution >= 0.6 is 0 Å². The lowest BCUT2D eigenvalue weighted by Crippen LogP contribution is -2.53. The Morgan fingerprint density at radius 1 is 1.44 bits per heavy atom. The van der Waals surface area contributed by atoms with Crippen molar-refractivity contribution in [2.75, 3.05) is 26.8 Å². The summed E-state index contributed by atoms with van der Waals surface area (Å²) in [4.78, 5) is 14.7. The number of likely N-dealkylation sites (tertiary alicyclic amines) is 1. The van der Waals surface area contributed by atoms with Gasteiger partial charge in [-0.2, -0.15) is 0 Å². The molecule has 1 amide bonds. The van der Waals surface area contributed by atoms with Gasteiger partial charge in [-0.25, -0.2) is 0 Å². The van der Waals surface area contributed by atoms with Crippen LogP contribution in [0, 0.1) is 5.92 Å². The third kappa shape index (κ3) is 2.86. The molecule has 2 atom stereocenters. The van der Waals surface area contributed by atoms with Crippen LogP contribution in [0.2, 0.25) is 0 Å². The number of nitrogens with one attached hydrogen (secondary N) is 1. The fourth-order valence-corrected chi connectivity index (χ4v) is 3.07. The van der Waals surface area contributed by atoms with E-state index in [1.165, 1.54) is 0 Å². The number of carbonyl (C=O) groups is 1. The lowest BCUT2D eigenvalue weighted by molar-refractivity contribution is -0.138. The molecular formula is C14H26N2O2. The molecule has 18 heavy (non-hydrogen) atoms. The zero-order chi connectivity index (χ0) is 13.2. The van der Waals surface area contributed by atoms with Crippen molar-refractivity contribution in [2.24, 2.45) is 5.92 Å². The van der Waals surface area contributed by atoms with E-state index < -0.39 is 0 Å². The zero-order valence-corrected chi connectivity index (χ0v) is 11.9. The highest BCUT2D eigenvalue weighted by molar-refractivity contribution is 5.82. The van der Waals surface area contributed by atoms with Crippen LogP contribution in [0.1, 0.15) is 39.5 Å². The van der Waals surface area contributed by atoms with Crippen LogP contribution in [0.15, 0.2) is 0 Å². The molecule has 0 aromatic carbocycles. The predicted molar refractivity (Wildman–Crippen MR) is 71.4 cm³/mol. The van der Waals surface area contributed by atoms with Gasteiger partial charge in [0.25, 0.3) is 0 Å². The topological polar surface area (TPSA) is 41.6 Å². The molecule has 2 aliphatic heterocycles. The van der Waals surface area contributed by atoms with E-state index in [9.17, 15) is 4.79 Å². The van der Waals surface area contributed by atoms with E-state index in [1.54, 1.807) is 0 Å². The summed E-state index contributed by atoms with van der Waals surface area (Å²) in [6, 6.07) is -0.00547. The van der Waals surface area contributed by atoms with Crippen molar-refractivity contribution in [2.45, 2.75) is 51.1 Å². The van der Waals surface area contributed by atoms with Gasteiger partial charge in [-0.05, 0) is 46.6 Å². The molecule has 0 saturated carbocycles. The van der Waals surface area contributed by atoms with Gasteiger partial charge in [0.15, 0.2) is 0 Å². The van der Waals surface area contributed by atoms with Crippen LogP contribution in [-0.4, -0.2) is 49.2 Å². The van der Waals surface area contributed by atoms with Crippen LogP contribution in [0.4, 0.5) is 0 Å². The van der Waals surface area contributed by atoms with Gasteiger partial charge < -0.3 is 15.0 Å². The van der Waals surface area contributed by atoms with E-state index in [0.29, 0.717) is 5.92 Å². The van der Waals surface area contributed by atoms with Crippen LogP contribution in [-0.2, 0) is 9.53 Å². The summed E-state index contributed by atoms with van der Waals surface area (Å²) < 4.78 is 5.43. The Morgan fingerprint density at radius 2 is 2.22 bits per heavy atom. The molecule has 0 aromatic heterocycles. The van der Waals surface area contributed by atoms with E-state index >= 15 is 0 Å². The van der Waals surface area contributed by atoms with E-state index in [0.717, 1.165) is 45.4 Å². The Hall–Kier alpha value is -0.610.